The Morgan fingerprint density at radius 1 is 1.45 bits per heavy atom. The highest BCUT2D eigenvalue weighted by molar-refractivity contribution is 4.77. The van der Waals surface area contributed by atoms with Crippen LogP contribution in [0.2, 0.25) is 0 Å². The molecule has 2 nitrogen and oxygen atoms in total. The highest BCUT2D eigenvalue weighted by Gasteiger charge is 2.27. The van der Waals surface area contributed by atoms with E-state index in [1.54, 1.807) is 19.1 Å². The van der Waals surface area contributed by atoms with Gasteiger partial charge in [-0.05, 0) is 6.92 Å². The summed E-state index contributed by atoms with van der Waals surface area (Å²) < 4.78 is 34.1. The molecule has 0 rings (SSSR count). The summed E-state index contributed by atoms with van der Waals surface area (Å²) >= 11 is 0. The van der Waals surface area contributed by atoms with E-state index in [0.717, 1.165) is 0 Å². The van der Waals surface area contributed by atoms with Gasteiger partial charge in [-0.1, -0.05) is 12.2 Å². The van der Waals surface area contributed by atoms with Gasteiger partial charge in [-0.25, -0.2) is 0 Å². The summed E-state index contributed by atoms with van der Waals surface area (Å²) in [5.41, 5.74) is 2.14. The molecule has 0 spiro atoms. The summed E-state index contributed by atoms with van der Waals surface area (Å²) in [7, 11) is 0. The molecule has 0 aromatic carbocycles. The number of nitrogens with one attached hydrogen (secondary N) is 1. The van der Waals surface area contributed by atoms with E-state index in [1.807, 2.05) is 0 Å². The lowest BCUT2D eigenvalue weighted by Gasteiger charge is -2.06. The maximum atomic E-state index is 11.4. The lowest BCUT2D eigenvalue weighted by molar-refractivity contribution is -0.188. The Balaban J connectivity index is 3.15. The second-order valence-corrected chi connectivity index (χ2v) is 1.82. The molecule has 0 atom stereocenters. The van der Waals surface area contributed by atoms with Crippen molar-refractivity contribution in [1.29, 1.82) is 0 Å². The van der Waals surface area contributed by atoms with E-state index in [9.17, 15) is 13.2 Å². The van der Waals surface area contributed by atoms with E-state index in [1.165, 1.54) is 0 Å². The topological polar surface area (TPSA) is 21.3 Å². The van der Waals surface area contributed by atoms with Crippen LogP contribution in [0.4, 0.5) is 13.2 Å². The first-order valence-electron chi connectivity index (χ1n) is 3.09. The quantitative estimate of drug-likeness (QED) is 0.392. The molecule has 0 bridgehead atoms. The van der Waals surface area contributed by atoms with Crippen molar-refractivity contribution in [2.75, 3.05) is 13.2 Å². The monoisotopic (exact) mass is 169 g/mol. The fourth-order valence-electron chi connectivity index (χ4n) is 0.358. The van der Waals surface area contributed by atoms with Crippen LogP contribution in [-0.2, 0) is 4.84 Å². The van der Waals surface area contributed by atoms with Gasteiger partial charge < -0.3 is 0 Å². The van der Waals surface area contributed by atoms with E-state index >= 15 is 0 Å². The average Bonchev–Trinajstić information content (AvgIpc) is 1.85. The minimum Gasteiger partial charge on any atom is -0.292 e. The van der Waals surface area contributed by atoms with Crippen molar-refractivity contribution < 1.29 is 18.0 Å². The Morgan fingerprint density at radius 3 is 2.55 bits per heavy atom. The van der Waals surface area contributed by atoms with E-state index in [2.05, 4.69) is 10.3 Å². The van der Waals surface area contributed by atoms with E-state index in [-0.39, 0.29) is 6.54 Å². The summed E-state index contributed by atoms with van der Waals surface area (Å²) in [6.45, 7) is 0.794. The normalized spacial score (nSPS) is 12.7. The van der Waals surface area contributed by atoms with Gasteiger partial charge in [-0.15, -0.1) is 0 Å². The smallest absolute Gasteiger partial charge is 0.292 e. The zero-order chi connectivity index (χ0) is 8.74. The maximum absolute atomic E-state index is 11.4. The summed E-state index contributed by atoms with van der Waals surface area (Å²) in [6.07, 6.45) is -0.900. The van der Waals surface area contributed by atoms with Crippen LogP contribution in [0.15, 0.2) is 12.2 Å². The van der Waals surface area contributed by atoms with E-state index in [4.69, 9.17) is 0 Å². The Morgan fingerprint density at radius 2 is 2.09 bits per heavy atom. The average molecular weight is 169 g/mol. The number of allylic oxidation sites excluding steroid dienone is 1. The van der Waals surface area contributed by atoms with Gasteiger partial charge in [0.25, 0.3) is 0 Å². The van der Waals surface area contributed by atoms with Gasteiger partial charge >= 0.3 is 6.18 Å². The fourth-order valence-corrected chi connectivity index (χ4v) is 0.358. The van der Waals surface area contributed by atoms with E-state index in [0.29, 0.717) is 0 Å². The Kier molecular flexibility index (Phi) is 4.89. The molecule has 11 heavy (non-hydrogen) atoms. The van der Waals surface area contributed by atoms with Gasteiger partial charge in [-0.3, -0.25) is 4.84 Å². The van der Waals surface area contributed by atoms with Crippen LogP contribution in [0.5, 0.6) is 0 Å². The van der Waals surface area contributed by atoms with Crippen molar-refractivity contribution in [2.45, 2.75) is 13.1 Å². The van der Waals surface area contributed by atoms with E-state index < -0.39 is 12.8 Å². The molecule has 0 fully saturated rings. The summed E-state index contributed by atoms with van der Waals surface area (Å²) in [6, 6.07) is 0. The van der Waals surface area contributed by atoms with Crippen LogP contribution < -0.4 is 5.48 Å². The first kappa shape index (κ1) is 10.4. The fraction of sp³-hybridized carbons (Fsp3) is 0.667. The van der Waals surface area contributed by atoms with Gasteiger partial charge in [0.05, 0.1) is 0 Å². The molecule has 0 amide bonds. The van der Waals surface area contributed by atoms with Crippen molar-refractivity contribution >= 4 is 0 Å². The van der Waals surface area contributed by atoms with Crippen LogP contribution in [0.3, 0.4) is 0 Å². The SMILES string of the molecule is C/C=C/CNOCC(F)(F)F. The number of halogens is 3. The van der Waals surface area contributed by atoms with Crippen LogP contribution in [0.1, 0.15) is 6.92 Å². The van der Waals surface area contributed by atoms with Crippen LogP contribution >= 0.6 is 0 Å². The number of rotatable bonds is 4. The van der Waals surface area contributed by atoms with Gasteiger partial charge in [0, 0.05) is 6.54 Å². The minimum absolute atomic E-state index is 0.284. The molecule has 0 aliphatic rings. The third-order valence-corrected chi connectivity index (χ3v) is 0.775. The predicted molar refractivity (Wildman–Crippen MR) is 34.8 cm³/mol. The van der Waals surface area contributed by atoms with Crippen LogP contribution in [0.25, 0.3) is 0 Å². The molecule has 0 aromatic heterocycles. The Labute approximate surface area is 63.0 Å². The Hall–Kier alpha value is -0.550. The molecule has 0 saturated heterocycles. The van der Waals surface area contributed by atoms with Crippen LogP contribution in [-0.4, -0.2) is 19.3 Å². The second kappa shape index (κ2) is 5.15. The molecule has 0 heterocycles. The third-order valence-electron chi connectivity index (χ3n) is 0.775. The van der Waals surface area contributed by atoms with Crippen molar-refractivity contribution in [3.05, 3.63) is 12.2 Å². The number of hydrogen-bond acceptors (Lipinski definition) is 2. The lowest BCUT2D eigenvalue weighted by atomic mass is 10.5. The molecule has 0 radical (unpaired) electrons. The first-order chi connectivity index (χ1) is 5.06. The summed E-state index contributed by atoms with van der Waals surface area (Å²) in [5, 5.41) is 0. The molecule has 1 N–H and O–H groups in total. The molecule has 0 aromatic rings. The Bertz CT molecular complexity index is 121. The maximum Gasteiger partial charge on any atom is 0.413 e. The number of hydrogen-bond donors (Lipinski definition) is 1. The number of alkyl halides is 3. The molecule has 5 heteroatoms. The second-order valence-electron chi connectivity index (χ2n) is 1.82. The zero-order valence-electron chi connectivity index (χ0n) is 6.11. The minimum atomic E-state index is -4.26. The third kappa shape index (κ3) is 9.45. The van der Waals surface area contributed by atoms with Crippen molar-refractivity contribution in [3.8, 4) is 0 Å². The van der Waals surface area contributed by atoms with Crippen molar-refractivity contribution in [1.82, 2.24) is 5.48 Å². The molecule has 66 valence electrons. The van der Waals surface area contributed by atoms with Crippen molar-refractivity contribution in [2.24, 2.45) is 0 Å². The standard InChI is InChI=1S/C6H10F3NO/c1-2-3-4-10-11-5-6(7,8)9/h2-3,10H,4-5H2,1H3/b3-2+. The van der Waals surface area contributed by atoms with Gasteiger partial charge in [0.2, 0.25) is 0 Å². The predicted octanol–water partition coefficient (Wildman–Crippen LogP) is 1.65. The molecular formula is C6H10F3NO. The first-order valence-corrected chi connectivity index (χ1v) is 3.09. The summed E-state index contributed by atoms with van der Waals surface area (Å²) in [4.78, 5) is 4.07. The van der Waals surface area contributed by atoms with Gasteiger partial charge in [-0.2, -0.15) is 18.7 Å². The molecule has 0 unspecified atom stereocenters. The molecular weight excluding hydrogens is 159 g/mol. The zero-order valence-corrected chi connectivity index (χ0v) is 6.11. The van der Waals surface area contributed by atoms with Gasteiger partial charge in [0.1, 0.15) is 0 Å². The number of hydroxylamine groups is 1. The molecule has 0 saturated carbocycles. The highest BCUT2D eigenvalue weighted by atomic mass is 19.4. The van der Waals surface area contributed by atoms with Crippen molar-refractivity contribution in [3.63, 3.8) is 0 Å². The van der Waals surface area contributed by atoms with Gasteiger partial charge in [0.15, 0.2) is 6.61 Å². The lowest BCUT2D eigenvalue weighted by Crippen LogP contribution is -2.24. The highest BCUT2D eigenvalue weighted by Crippen LogP contribution is 2.13. The molecule has 0 aliphatic heterocycles. The molecule has 0 aliphatic carbocycles. The van der Waals surface area contributed by atoms with Crippen LogP contribution in [0, 0.1) is 0 Å². The largest absolute Gasteiger partial charge is 0.413 e. The summed E-state index contributed by atoms with van der Waals surface area (Å²) in [5.74, 6) is 0.